The van der Waals surface area contributed by atoms with Crippen molar-refractivity contribution in [1.82, 2.24) is 5.32 Å². The summed E-state index contributed by atoms with van der Waals surface area (Å²) in [4.78, 5) is 10.9. The molecule has 1 saturated heterocycles. The summed E-state index contributed by atoms with van der Waals surface area (Å²) < 4.78 is 0. The van der Waals surface area contributed by atoms with Gasteiger partial charge in [-0.25, -0.2) is 0 Å². The van der Waals surface area contributed by atoms with Crippen molar-refractivity contribution in [2.24, 2.45) is 0 Å². The predicted molar refractivity (Wildman–Crippen MR) is 45.6 cm³/mol. The Bertz CT molecular complexity index is 150. The van der Waals surface area contributed by atoms with Gasteiger partial charge in [0.25, 0.3) is 0 Å². The first-order valence-electron chi connectivity index (χ1n) is 4.58. The van der Waals surface area contributed by atoms with Gasteiger partial charge in [-0.2, -0.15) is 0 Å². The fourth-order valence-electron chi connectivity index (χ4n) is 1.50. The van der Waals surface area contributed by atoms with E-state index >= 15 is 0 Å². The average molecular weight is 155 g/mol. The molecule has 0 aromatic heterocycles. The lowest BCUT2D eigenvalue weighted by atomic mass is 10.0. The van der Waals surface area contributed by atoms with E-state index in [2.05, 4.69) is 5.32 Å². The molecule has 0 aromatic rings. The van der Waals surface area contributed by atoms with Gasteiger partial charge in [-0.1, -0.05) is 13.8 Å². The zero-order valence-corrected chi connectivity index (χ0v) is 7.44. The number of carbonyl (C=O) groups excluding carboxylic acids is 1. The smallest absolute Gasteiger partial charge is 0.136 e. The van der Waals surface area contributed by atoms with Crippen molar-refractivity contribution in [3.8, 4) is 0 Å². The molecule has 0 radical (unpaired) electrons. The van der Waals surface area contributed by atoms with Crippen molar-refractivity contribution >= 4 is 5.78 Å². The summed E-state index contributed by atoms with van der Waals surface area (Å²) in [5.74, 6) is 0.450. The van der Waals surface area contributed by atoms with Gasteiger partial charge in [0.05, 0.1) is 0 Å². The Balaban J connectivity index is 0.000000281. The van der Waals surface area contributed by atoms with E-state index in [0.29, 0.717) is 11.3 Å². The first kappa shape index (κ1) is 8.72. The number of hydrogen-bond donors (Lipinski definition) is 1. The summed E-state index contributed by atoms with van der Waals surface area (Å²) in [6, 6.07) is 0. The Labute approximate surface area is 68.4 Å². The minimum atomic E-state index is 0.301. The number of Topliss-reactive ketones (excluding diaryl/α,β-unsaturated/α-hetero) is 1. The molecule has 64 valence electrons. The lowest BCUT2D eigenvalue weighted by Gasteiger charge is -2.21. The first-order chi connectivity index (χ1) is 5.31. The van der Waals surface area contributed by atoms with E-state index in [1.807, 2.05) is 13.8 Å². The maximum atomic E-state index is 10.9. The van der Waals surface area contributed by atoms with Crippen molar-refractivity contribution in [2.45, 2.75) is 45.1 Å². The Hall–Kier alpha value is -0.370. The Morgan fingerprint density at radius 2 is 2.00 bits per heavy atom. The third kappa shape index (κ3) is 2.03. The number of piperidine rings is 1. The summed E-state index contributed by atoms with van der Waals surface area (Å²) in [6.45, 7) is 4.92. The largest absolute Gasteiger partial charge is 0.310 e. The lowest BCUT2D eigenvalue weighted by Crippen LogP contribution is -2.40. The molecule has 2 nitrogen and oxygen atoms in total. The lowest BCUT2D eigenvalue weighted by molar-refractivity contribution is -0.120. The highest BCUT2D eigenvalue weighted by atomic mass is 16.1. The molecule has 1 spiro atoms. The van der Waals surface area contributed by atoms with Crippen molar-refractivity contribution in [1.29, 1.82) is 0 Å². The van der Waals surface area contributed by atoms with Gasteiger partial charge in [0.2, 0.25) is 0 Å². The highest BCUT2D eigenvalue weighted by molar-refractivity contribution is 5.81. The Kier molecular flexibility index (Phi) is 2.66. The quantitative estimate of drug-likeness (QED) is 0.574. The van der Waals surface area contributed by atoms with Crippen molar-refractivity contribution in [3.63, 3.8) is 0 Å². The molecule has 2 rings (SSSR count). The van der Waals surface area contributed by atoms with E-state index < -0.39 is 0 Å². The number of rotatable bonds is 0. The molecule has 0 atom stereocenters. The number of hydrogen-bond acceptors (Lipinski definition) is 2. The molecular weight excluding hydrogens is 138 g/mol. The fourth-order valence-corrected chi connectivity index (χ4v) is 1.50. The molecule has 0 aromatic carbocycles. The minimum Gasteiger partial charge on any atom is -0.310 e. The molecular formula is C9H17NO. The van der Waals surface area contributed by atoms with Crippen molar-refractivity contribution in [2.75, 3.05) is 6.54 Å². The molecule has 0 bridgehead atoms. The molecule has 2 fully saturated rings. The highest BCUT2D eigenvalue weighted by Crippen LogP contribution is 2.40. The molecule has 2 heteroatoms. The monoisotopic (exact) mass is 155 g/mol. The molecule has 1 aliphatic heterocycles. The van der Waals surface area contributed by atoms with E-state index in [-0.39, 0.29) is 0 Å². The number of nitrogens with one attached hydrogen (secondary N) is 1. The van der Waals surface area contributed by atoms with Crippen LogP contribution in [0.3, 0.4) is 0 Å². The highest BCUT2D eigenvalue weighted by Gasteiger charge is 2.45. The number of carbonyl (C=O) groups is 1. The zero-order valence-electron chi connectivity index (χ0n) is 7.44. The van der Waals surface area contributed by atoms with Crippen LogP contribution in [-0.4, -0.2) is 17.9 Å². The Morgan fingerprint density at radius 1 is 1.36 bits per heavy atom. The molecule has 1 saturated carbocycles. The van der Waals surface area contributed by atoms with E-state index in [1.165, 1.54) is 12.8 Å². The summed E-state index contributed by atoms with van der Waals surface area (Å²) in [6.07, 6.45) is 3.99. The van der Waals surface area contributed by atoms with Gasteiger partial charge in [-0.3, -0.25) is 4.79 Å². The van der Waals surface area contributed by atoms with Crippen LogP contribution < -0.4 is 5.32 Å². The SMILES string of the molecule is CC.O=C1CCNC2(CC2)C1. The van der Waals surface area contributed by atoms with E-state index in [0.717, 1.165) is 19.4 Å². The molecule has 11 heavy (non-hydrogen) atoms. The van der Waals surface area contributed by atoms with Gasteiger partial charge in [-0.05, 0) is 12.8 Å². The zero-order chi connectivity index (χ0) is 8.32. The van der Waals surface area contributed by atoms with Gasteiger partial charge < -0.3 is 5.32 Å². The normalized spacial score (nSPS) is 25.8. The summed E-state index contributed by atoms with van der Waals surface area (Å²) >= 11 is 0. The standard InChI is InChI=1S/C7H11NO.C2H6/c9-6-1-4-8-7(5-6)2-3-7;1-2/h8H,1-5H2;1-2H3. The van der Waals surface area contributed by atoms with Crippen LogP contribution in [0.25, 0.3) is 0 Å². The first-order valence-corrected chi connectivity index (χ1v) is 4.58. The van der Waals surface area contributed by atoms with Crippen LogP contribution in [0.2, 0.25) is 0 Å². The van der Waals surface area contributed by atoms with E-state index in [9.17, 15) is 4.79 Å². The van der Waals surface area contributed by atoms with Crippen LogP contribution in [0.15, 0.2) is 0 Å². The van der Waals surface area contributed by atoms with Gasteiger partial charge in [-0.15, -0.1) is 0 Å². The molecule has 2 aliphatic rings. The van der Waals surface area contributed by atoms with Crippen LogP contribution >= 0.6 is 0 Å². The van der Waals surface area contributed by atoms with Gasteiger partial charge >= 0.3 is 0 Å². The Morgan fingerprint density at radius 3 is 2.36 bits per heavy atom. The maximum Gasteiger partial charge on any atom is 0.136 e. The molecule has 1 N–H and O–H groups in total. The third-order valence-electron chi connectivity index (χ3n) is 2.29. The molecule has 0 unspecified atom stereocenters. The van der Waals surface area contributed by atoms with Gasteiger partial charge in [0, 0.05) is 24.9 Å². The van der Waals surface area contributed by atoms with Crippen molar-refractivity contribution < 1.29 is 4.79 Å². The van der Waals surface area contributed by atoms with Gasteiger partial charge in [0.15, 0.2) is 0 Å². The van der Waals surface area contributed by atoms with Gasteiger partial charge in [0.1, 0.15) is 5.78 Å². The van der Waals surface area contributed by atoms with Crippen molar-refractivity contribution in [3.05, 3.63) is 0 Å². The average Bonchev–Trinajstić information content (AvgIpc) is 2.73. The summed E-state index contributed by atoms with van der Waals surface area (Å²) in [7, 11) is 0. The second-order valence-corrected chi connectivity index (χ2v) is 3.17. The van der Waals surface area contributed by atoms with E-state index in [4.69, 9.17) is 0 Å². The van der Waals surface area contributed by atoms with Crippen LogP contribution in [0.1, 0.15) is 39.5 Å². The maximum absolute atomic E-state index is 10.9. The number of ketones is 1. The van der Waals surface area contributed by atoms with Crippen LogP contribution in [0, 0.1) is 0 Å². The predicted octanol–water partition coefficient (Wildman–Crippen LogP) is 1.50. The topological polar surface area (TPSA) is 29.1 Å². The molecule has 1 aliphatic carbocycles. The second-order valence-electron chi connectivity index (χ2n) is 3.17. The molecule has 0 amide bonds. The van der Waals surface area contributed by atoms with E-state index in [1.54, 1.807) is 0 Å². The van der Waals surface area contributed by atoms with Crippen LogP contribution in [0.5, 0.6) is 0 Å². The summed E-state index contributed by atoms with van der Waals surface area (Å²) in [5, 5.41) is 3.38. The summed E-state index contributed by atoms with van der Waals surface area (Å²) in [5.41, 5.74) is 0.301. The third-order valence-corrected chi connectivity index (χ3v) is 2.29. The fraction of sp³-hybridized carbons (Fsp3) is 0.889. The minimum absolute atomic E-state index is 0.301. The van der Waals surface area contributed by atoms with Crippen LogP contribution in [-0.2, 0) is 4.79 Å². The second kappa shape index (κ2) is 3.35. The van der Waals surface area contributed by atoms with Crippen LogP contribution in [0.4, 0.5) is 0 Å². The molecule has 1 heterocycles.